The van der Waals surface area contributed by atoms with Crippen LogP contribution in [-0.4, -0.2) is 51.2 Å². The van der Waals surface area contributed by atoms with Gasteiger partial charge in [0.2, 0.25) is 0 Å². The molecule has 2 aromatic carbocycles. The smallest absolute Gasteiger partial charge is 0.303 e. The Hall–Kier alpha value is -2.73. The molecule has 208 valence electrons. The first kappa shape index (κ1) is 29.3. The van der Waals surface area contributed by atoms with Gasteiger partial charge in [-0.3, -0.25) is 9.59 Å². The highest BCUT2D eigenvalue weighted by molar-refractivity contribution is 7.99. The van der Waals surface area contributed by atoms with E-state index in [9.17, 15) is 18.4 Å². The molecule has 0 aliphatic carbocycles. The van der Waals surface area contributed by atoms with Crippen LogP contribution < -0.4 is 0 Å². The predicted octanol–water partition coefficient (Wildman–Crippen LogP) is 6.03. The van der Waals surface area contributed by atoms with Gasteiger partial charge < -0.3 is 14.2 Å². The van der Waals surface area contributed by atoms with Crippen molar-refractivity contribution in [3.8, 4) is 11.3 Å². The molecule has 0 spiro atoms. The van der Waals surface area contributed by atoms with Crippen molar-refractivity contribution in [3.63, 3.8) is 0 Å². The Morgan fingerprint density at radius 2 is 1.79 bits per heavy atom. The molecule has 1 aromatic heterocycles. The second-order valence-corrected chi connectivity index (χ2v) is 11.1. The van der Waals surface area contributed by atoms with Crippen LogP contribution in [0.15, 0.2) is 41.4 Å². The standard InChI is InChI=1S/C26H25Cl2F2N3O5S/c1-12-20(29)7-16(8-21(12)30)22-10-33(32-31-22)24-13(2)26(39-17-5-6-18(27)19(28)9-17)38-23(11-36-14(3)34)25(24)37-15(4)35/h5-10,13,23-26H,11H2,1-4H3/t13?,23?,24-,25+,26-/m1/s1. The quantitative estimate of drug-likeness (QED) is 0.304. The van der Waals surface area contributed by atoms with Crippen molar-refractivity contribution >= 4 is 46.9 Å². The van der Waals surface area contributed by atoms with Crippen molar-refractivity contribution in [2.75, 3.05) is 6.61 Å². The van der Waals surface area contributed by atoms with Crippen LogP contribution >= 0.6 is 35.0 Å². The summed E-state index contributed by atoms with van der Waals surface area (Å²) < 4.78 is 47.1. The van der Waals surface area contributed by atoms with Gasteiger partial charge >= 0.3 is 11.9 Å². The third-order valence-electron chi connectivity index (χ3n) is 6.27. The van der Waals surface area contributed by atoms with E-state index in [1.165, 1.54) is 55.5 Å². The molecule has 0 N–H and O–H groups in total. The molecule has 4 rings (SSSR count). The summed E-state index contributed by atoms with van der Waals surface area (Å²) in [7, 11) is 0. The van der Waals surface area contributed by atoms with E-state index in [0.717, 1.165) is 4.90 Å². The molecule has 1 aliphatic rings. The number of aromatic nitrogens is 3. The molecule has 3 aromatic rings. The van der Waals surface area contributed by atoms with Gasteiger partial charge in [-0.25, -0.2) is 13.5 Å². The zero-order valence-corrected chi connectivity index (χ0v) is 23.7. The van der Waals surface area contributed by atoms with Gasteiger partial charge in [0.15, 0.2) is 6.10 Å². The number of halogens is 4. The van der Waals surface area contributed by atoms with Gasteiger partial charge in [-0.05, 0) is 37.3 Å². The molecular formula is C26H25Cl2F2N3O5S. The summed E-state index contributed by atoms with van der Waals surface area (Å²) in [4.78, 5) is 24.5. The molecule has 2 unspecified atom stereocenters. The van der Waals surface area contributed by atoms with Crippen molar-refractivity contribution in [1.82, 2.24) is 15.0 Å². The lowest BCUT2D eigenvalue weighted by Crippen LogP contribution is -2.53. The van der Waals surface area contributed by atoms with Gasteiger partial charge in [-0.1, -0.05) is 47.1 Å². The first-order valence-corrected chi connectivity index (χ1v) is 13.5. The molecule has 0 bridgehead atoms. The van der Waals surface area contributed by atoms with Gasteiger partial charge in [-0.2, -0.15) is 0 Å². The molecule has 0 radical (unpaired) electrons. The van der Waals surface area contributed by atoms with Crippen molar-refractivity contribution < 1.29 is 32.6 Å². The monoisotopic (exact) mass is 599 g/mol. The minimum atomic E-state index is -0.927. The summed E-state index contributed by atoms with van der Waals surface area (Å²) >= 11 is 13.6. The zero-order valence-electron chi connectivity index (χ0n) is 21.4. The van der Waals surface area contributed by atoms with E-state index in [1.807, 2.05) is 6.92 Å². The maximum absolute atomic E-state index is 14.2. The molecule has 1 aliphatic heterocycles. The Balaban J connectivity index is 1.73. The number of benzene rings is 2. The van der Waals surface area contributed by atoms with E-state index in [4.69, 9.17) is 37.4 Å². The Kier molecular flexibility index (Phi) is 9.15. The number of thioether (sulfide) groups is 1. The third kappa shape index (κ3) is 6.71. The van der Waals surface area contributed by atoms with Gasteiger partial charge in [0.05, 0.1) is 22.3 Å². The molecule has 1 fully saturated rings. The predicted molar refractivity (Wildman–Crippen MR) is 141 cm³/mol. The van der Waals surface area contributed by atoms with Crippen LogP contribution in [0.2, 0.25) is 10.0 Å². The van der Waals surface area contributed by atoms with Gasteiger partial charge in [-0.15, -0.1) is 5.10 Å². The lowest BCUT2D eigenvalue weighted by atomic mass is 9.90. The van der Waals surface area contributed by atoms with Crippen molar-refractivity contribution in [3.05, 3.63) is 63.8 Å². The molecular weight excluding hydrogens is 575 g/mol. The Morgan fingerprint density at radius 3 is 2.41 bits per heavy atom. The highest BCUT2D eigenvalue weighted by Gasteiger charge is 2.48. The van der Waals surface area contributed by atoms with E-state index >= 15 is 0 Å². The maximum Gasteiger partial charge on any atom is 0.303 e. The van der Waals surface area contributed by atoms with E-state index in [1.54, 1.807) is 18.2 Å². The first-order valence-electron chi connectivity index (χ1n) is 11.9. The van der Waals surface area contributed by atoms with Crippen molar-refractivity contribution in [1.29, 1.82) is 0 Å². The number of carbonyl (C=O) groups excluding carboxylic acids is 2. The molecule has 8 nitrogen and oxygen atoms in total. The number of ether oxygens (including phenoxy) is 3. The minimum Gasteiger partial charge on any atom is -0.463 e. The molecule has 39 heavy (non-hydrogen) atoms. The second kappa shape index (κ2) is 12.2. The fourth-order valence-corrected chi connectivity index (χ4v) is 5.82. The van der Waals surface area contributed by atoms with Gasteiger partial charge in [0.1, 0.15) is 35.5 Å². The van der Waals surface area contributed by atoms with Gasteiger partial charge in [0, 0.05) is 35.8 Å². The lowest BCUT2D eigenvalue weighted by molar-refractivity contribution is -0.191. The number of carbonyl (C=O) groups is 2. The number of nitrogens with zero attached hydrogens (tertiary/aromatic N) is 3. The summed E-state index contributed by atoms with van der Waals surface area (Å²) in [5.41, 5.74) is -0.224. The SMILES string of the molecule is CC(=O)OCC1O[C@H](Sc2ccc(Cl)c(Cl)c2)C(C)[C@@H](n2cc(-c3cc(F)c(C)c(F)c3)nn2)[C@H]1OC(C)=O. The third-order valence-corrected chi connectivity index (χ3v) is 8.31. The Bertz CT molecular complexity index is 1370. The van der Waals surface area contributed by atoms with Crippen LogP contribution in [0, 0.1) is 24.5 Å². The molecule has 0 saturated carbocycles. The summed E-state index contributed by atoms with van der Waals surface area (Å²) in [6, 6.07) is 6.86. The highest BCUT2D eigenvalue weighted by atomic mass is 35.5. The van der Waals surface area contributed by atoms with E-state index in [0.29, 0.717) is 10.0 Å². The molecule has 5 atom stereocenters. The van der Waals surface area contributed by atoms with Crippen molar-refractivity contribution in [2.45, 2.75) is 56.3 Å². The summed E-state index contributed by atoms with van der Waals surface area (Å²) in [6.07, 6.45) is -0.263. The Morgan fingerprint density at radius 1 is 1.10 bits per heavy atom. The average molecular weight is 600 g/mol. The highest BCUT2D eigenvalue weighted by Crippen LogP contribution is 2.44. The number of hydrogen-bond acceptors (Lipinski definition) is 8. The summed E-state index contributed by atoms with van der Waals surface area (Å²) in [5, 5.41) is 9.12. The molecule has 0 amide bonds. The number of hydrogen-bond donors (Lipinski definition) is 0. The fourth-order valence-electron chi connectivity index (χ4n) is 4.28. The van der Waals surface area contributed by atoms with Crippen LogP contribution in [-0.2, 0) is 23.8 Å². The van der Waals surface area contributed by atoms with Crippen LogP contribution in [0.25, 0.3) is 11.3 Å². The molecule has 2 heterocycles. The van der Waals surface area contributed by atoms with Crippen LogP contribution in [0.1, 0.15) is 32.4 Å². The van der Waals surface area contributed by atoms with E-state index in [2.05, 4.69) is 10.3 Å². The number of rotatable bonds is 7. The zero-order chi connectivity index (χ0) is 28.4. The lowest BCUT2D eigenvalue weighted by Gasteiger charge is -2.44. The fraction of sp³-hybridized carbons (Fsp3) is 0.385. The largest absolute Gasteiger partial charge is 0.463 e. The van der Waals surface area contributed by atoms with E-state index in [-0.39, 0.29) is 29.3 Å². The Labute approximate surface area is 237 Å². The minimum absolute atomic E-state index is 0.102. The summed E-state index contributed by atoms with van der Waals surface area (Å²) in [5.74, 6) is -2.89. The van der Waals surface area contributed by atoms with Crippen molar-refractivity contribution in [2.24, 2.45) is 5.92 Å². The summed E-state index contributed by atoms with van der Waals surface area (Å²) in [6.45, 7) is 5.55. The topological polar surface area (TPSA) is 92.5 Å². The maximum atomic E-state index is 14.2. The second-order valence-electron chi connectivity index (χ2n) is 9.11. The molecule has 13 heteroatoms. The average Bonchev–Trinajstić information content (AvgIpc) is 3.35. The van der Waals surface area contributed by atoms with Crippen LogP contribution in [0.3, 0.4) is 0 Å². The van der Waals surface area contributed by atoms with E-state index < -0.39 is 47.3 Å². The first-order chi connectivity index (χ1) is 18.4. The number of esters is 2. The molecule has 1 saturated heterocycles. The normalized spacial score (nSPS) is 22.9. The van der Waals surface area contributed by atoms with Crippen LogP contribution in [0.4, 0.5) is 8.78 Å². The van der Waals surface area contributed by atoms with Gasteiger partial charge in [0.25, 0.3) is 0 Å². The van der Waals surface area contributed by atoms with Crippen LogP contribution in [0.5, 0.6) is 0 Å².